The number of carboxylic acid groups (broad SMARTS) is 1. The van der Waals surface area contributed by atoms with E-state index in [9.17, 15) is 9.59 Å². The molecule has 0 bridgehead atoms. The zero-order valence-corrected chi connectivity index (χ0v) is 12.4. The number of ether oxygens (including phenoxy) is 1. The minimum absolute atomic E-state index is 0.0816. The van der Waals surface area contributed by atoms with Crippen LogP contribution in [0.3, 0.4) is 0 Å². The first kappa shape index (κ1) is 16.0. The normalized spacial score (nSPS) is 17.5. The van der Waals surface area contributed by atoms with E-state index in [-0.39, 0.29) is 18.4 Å². The summed E-state index contributed by atoms with van der Waals surface area (Å²) in [5, 5.41) is 8.53. The molecule has 118 valence electrons. The van der Waals surface area contributed by atoms with Crippen molar-refractivity contribution in [2.24, 2.45) is 0 Å². The Kier molecular flexibility index (Phi) is 5.94. The molecule has 0 unspecified atom stereocenters. The van der Waals surface area contributed by atoms with E-state index in [1.807, 2.05) is 24.3 Å². The molecule has 2 rings (SSSR count). The number of carbonyl (C=O) groups excluding carboxylic acids is 1. The van der Waals surface area contributed by atoms with Gasteiger partial charge >= 0.3 is 5.97 Å². The molecule has 1 atom stereocenters. The Morgan fingerprint density at radius 2 is 2.32 bits per heavy atom. The average molecular weight is 304 g/mol. The van der Waals surface area contributed by atoms with E-state index in [1.54, 1.807) is 17.2 Å². The molecule has 2 heterocycles. The fourth-order valence-corrected chi connectivity index (χ4v) is 2.21. The second-order valence-corrected chi connectivity index (χ2v) is 5.14. The number of aromatic nitrogens is 1. The monoisotopic (exact) mass is 304 g/mol. The van der Waals surface area contributed by atoms with Gasteiger partial charge in [0, 0.05) is 25.2 Å². The summed E-state index contributed by atoms with van der Waals surface area (Å²) in [5.41, 5.74) is 0. The first-order valence-electron chi connectivity index (χ1n) is 7.37. The largest absolute Gasteiger partial charge is 0.481 e. The van der Waals surface area contributed by atoms with Gasteiger partial charge in [0.05, 0.1) is 12.5 Å². The number of rotatable bonds is 9. The van der Waals surface area contributed by atoms with Crippen LogP contribution in [0.1, 0.15) is 25.7 Å². The van der Waals surface area contributed by atoms with Crippen molar-refractivity contribution in [3.05, 3.63) is 36.5 Å². The number of hydrogen-bond donors (Lipinski definition) is 1. The van der Waals surface area contributed by atoms with Crippen LogP contribution in [-0.2, 0) is 9.59 Å². The molecule has 0 radical (unpaired) electrons. The summed E-state index contributed by atoms with van der Waals surface area (Å²) in [6, 6.07) is 5.54. The van der Waals surface area contributed by atoms with E-state index in [4.69, 9.17) is 9.84 Å². The summed E-state index contributed by atoms with van der Waals surface area (Å²) in [7, 11) is 0. The summed E-state index contributed by atoms with van der Waals surface area (Å²) < 4.78 is 5.57. The molecule has 1 amide bonds. The van der Waals surface area contributed by atoms with Crippen LogP contribution in [0.15, 0.2) is 36.5 Å². The van der Waals surface area contributed by atoms with Crippen molar-refractivity contribution in [2.45, 2.75) is 31.7 Å². The summed E-state index contributed by atoms with van der Waals surface area (Å²) in [6.07, 6.45) is 7.50. The van der Waals surface area contributed by atoms with Crippen LogP contribution in [0, 0.1) is 0 Å². The molecule has 6 nitrogen and oxygen atoms in total. The Bertz CT molecular complexity index is 530. The third-order valence-corrected chi connectivity index (χ3v) is 3.46. The summed E-state index contributed by atoms with van der Waals surface area (Å²) >= 11 is 0. The number of carboxylic acids is 1. The standard InChI is InChI=1S/C16H20N2O4/c19-15-11-13(12-22-14-7-4-5-9-17-14)18(15)10-6-2-1-3-8-16(20)21/h2,4-7,9,13H,1,3,8,10-12H2,(H,20,21)/t13-/m1/s1. The van der Waals surface area contributed by atoms with E-state index >= 15 is 0 Å². The lowest BCUT2D eigenvalue weighted by Crippen LogP contribution is -2.55. The highest BCUT2D eigenvalue weighted by atomic mass is 16.5. The van der Waals surface area contributed by atoms with Crippen LogP contribution in [0.2, 0.25) is 0 Å². The number of hydrogen-bond acceptors (Lipinski definition) is 4. The van der Waals surface area contributed by atoms with Gasteiger partial charge in [0.1, 0.15) is 6.61 Å². The Labute approximate surface area is 129 Å². The molecule has 0 spiro atoms. The van der Waals surface area contributed by atoms with E-state index in [1.165, 1.54) is 0 Å². The van der Waals surface area contributed by atoms with Gasteiger partial charge in [0.2, 0.25) is 11.8 Å². The predicted molar refractivity (Wildman–Crippen MR) is 80.5 cm³/mol. The first-order valence-corrected chi connectivity index (χ1v) is 7.37. The predicted octanol–water partition coefficient (Wildman–Crippen LogP) is 1.87. The third-order valence-electron chi connectivity index (χ3n) is 3.46. The lowest BCUT2D eigenvalue weighted by atomic mass is 10.0. The fraction of sp³-hybridized carbons (Fsp3) is 0.438. The number of nitrogens with zero attached hydrogens (tertiary/aromatic N) is 2. The number of pyridine rings is 1. The lowest BCUT2D eigenvalue weighted by molar-refractivity contribution is -0.146. The van der Waals surface area contributed by atoms with Crippen molar-refractivity contribution in [3.8, 4) is 5.88 Å². The maximum Gasteiger partial charge on any atom is 0.303 e. The molecule has 1 N–H and O–H groups in total. The summed E-state index contributed by atoms with van der Waals surface area (Å²) in [5.74, 6) is -0.103. The summed E-state index contributed by atoms with van der Waals surface area (Å²) in [4.78, 5) is 27.8. The quantitative estimate of drug-likeness (QED) is 0.428. The van der Waals surface area contributed by atoms with Crippen LogP contribution in [0.5, 0.6) is 5.88 Å². The van der Waals surface area contributed by atoms with Crippen molar-refractivity contribution >= 4 is 11.9 Å². The number of amides is 1. The molecule has 22 heavy (non-hydrogen) atoms. The second-order valence-electron chi connectivity index (χ2n) is 5.14. The van der Waals surface area contributed by atoms with Gasteiger partial charge in [0.25, 0.3) is 0 Å². The van der Waals surface area contributed by atoms with Crippen LogP contribution in [0.25, 0.3) is 0 Å². The molecule has 1 fully saturated rings. The molecule has 0 aliphatic carbocycles. The van der Waals surface area contributed by atoms with Gasteiger partial charge in [-0.25, -0.2) is 4.98 Å². The van der Waals surface area contributed by atoms with Gasteiger partial charge in [-0.3, -0.25) is 9.59 Å². The van der Waals surface area contributed by atoms with Gasteiger partial charge < -0.3 is 14.7 Å². The maximum absolute atomic E-state index is 11.6. The summed E-state index contributed by atoms with van der Waals surface area (Å²) in [6.45, 7) is 0.984. The van der Waals surface area contributed by atoms with Crippen LogP contribution in [0.4, 0.5) is 0 Å². The fourth-order valence-electron chi connectivity index (χ4n) is 2.21. The molecule has 1 saturated heterocycles. The zero-order chi connectivity index (χ0) is 15.8. The van der Waals surface area contributed by atoms with Gasteiger partial charge in [-0.1, -0.05) is 18.2 Å². The van der Waals surface area contributed by atoms with Gasteiger partial charge in [0.15, 0.2) is 0 Å². The number of β-lactam (4-membered cyclic amide) rings is 1. The molecular formula is C16H20N2O4. The Morgan fingerprint density at radius 1 is 1.45 bits per heavy atom. The highest BCUT2D eigenvalue weighted by Crippen LogP contribution is 2.20. The number of allylic oxidation sites excluding steroid dienone is 1. The number of unbranched alkanes of at least 4 members (excludes halogenated alkanes) is 1. The van der Waals surface area contributed by atoms with Crippen molar-refractivity contribution in [1.82, 2.24) is 9.88 Å². The number of carbonyl (C=O) groups is 2. The molecule has 1 aliphatic heterocycles. The Balaban J connectivity index is 1.67. The van der Waals surface area contributed by atoms with Crippen LogP contribution in [-0.4, -0.2) is 46.1 Å². The Hall–Kier alpha value is -2.37. The molecule has 0 aromatic carbocycles. The maximum atomic E-state index is 11.6. The van der Waals surface area contributed by atoms with Crippen molar-refractivity contribution < 1.29 is 19.4 Å². The molecule has 1 aromatic rings. The third kappa shape index (κ3) is 4.87. The SMILES string of the molecule is O=C(O)CCCC=CCN1C(=O)C[C@@H]1COc1ccccn1. The second kappa shape index (κ2) is 8.17. The Morgan fingerprint density at radius 3 is 3.00 bits per heavy atom. The van der Waals surface area contributed by atoms with Crippen molar-refractivity contribution in [2.75, 3.05) is 13.2 Å². The molecular weight excluding hydrogens is 284 g/mol. The van der Waals surface area contributed by atoms with Gasteiger partial charge in [-0.2, -0.15) is 0 Å². The topological polar surface area (TPSA) is 79.7 Å². The van der Waals surface area contributed by atoms with Crippen molar-refractivity contribution in [1.29, 1.82) is 0 Å². The van der Waals surface area contributed by atoms with E-state index in [2.05, 4.69) is 4.98 Å². The van der Waals surface area contributed by atoms with Crippen LogP contribution < -0.4 is 4.74 Å². The van der Waals surface area contributed by atoms with E-state index < -0.39 is 5.97 Å². The van der Waals surface area contributed by atoms with Crippen LogP contribution >= 0.6 is 0 Å². The number of likely N-dealkylation sites (tertiary alicyclic amines) is 1. The highest BCUT2D eigenvalue weighted by molar-refractivity contribution is 5.83. The first-order chi connectivity index (χ1) is 10.7. The minimum Gasteiger partial charge on any atom is -0.481 e. The molecule has 0 saturated carbocycles. The molecule has 1 aromatic heterocycles. The molecule has 1 aliphatic rings. The molecule has 6 heteroatoms. The van der Waals surface area contributed by atoms with E-state index in [0.717, 1.165) is 0 Å². The van der Waals surface area contributed by atoms with Crippen molar-refractivity contribution in [3.63, 3.8) is 0 Å². The van der Waals surface area contributed by atoms with Gasteiger partial charge in [-0.05, 0) is 18.9 Å². The highest BCUT2D eigenvalue weighted by Gasteiger charge is 2.35. The smallest absolute Gasteiger partial charge is 0.303 e. The van der Waals surface area contributed by atoms with E-state index in [0.29, 0.717) is 38.3 Å². The zero-order valence-electron chi connectivity index (χ0n) is 12.4. The number of aliphatic carboxylic acids is 1. The minimum atomic E-state index is -0.780. The van der Waals surface area contributed by atoms with Gasteiger partial charge in [-0.15, -0.1) is 0 Å². The average Bonchev–Trinajstić information content (AvgIpc) is 2.51. The lowest BCUT2D eigenvalue weighted by Gasteiger charge is -2.39.